The normalized spacial score (nSPS) is 20.9. The number of hydrogen-bond donors (Lipinski definition) is 0. The Morgan fingerprint density at radius 1 is 1.00 bits per heavy atom. The molecule has 1 amide bonds. The van der Waals surface area contributed by atoms with Crippen molar-refractivity contribution >= 4 is 29.3 Å². The van der Waals surface area contributed by atoms with Gasteiger partial charge in [-0.3, -0.25) is 4.79 Å². The first-order chi connectivity index (χ1) is 17.1. The van der Waals surface area contributed by atoms with Crippen LogP contribution in [0.15, 0.2) is 72.8 Å². The summed E-state index contributed by atoms with van der Waals surface area (Å²) in [5, 5.41) is 9.93. The number of ether oxygens (including phenoxy) is 1. The van der Waals surface area contributed by atoms with E-state index in [4.69, 9.17) is 21.6 Å². The maximum Gasteiger partial charge on any atom is 0.254 e. The molecule has 3 aromatic rings. The summed E-state index contributed by atoms with van der Waals surface area (Å²) in [4.78, 5) is 15.5. The van der Waals surface area contributed by atoms with Crippen molar-refractivity contribution in [1.29, 1.82) is 5.26 Å². The number of halogens is 1. The highest BCUT2D eigenvalue weighted by Crippen LogP contribution is 2.38. The van der Waals surface area contributed by atoms with Crippen molar-refractivity contribution < 1.29 is 9.53 Å². The van der Waals surface area contributed by atoms with Gasteiger partial charge < -0.3 is 9.64 Å². The first-order valence-electron chi connectivity index (χ1n) is 12.0. The van der Waals surface area contributed by atoms with Gasteiger partial charge in [0.2, 0.25) is 0 Å². The van der Waals surface area contributed by atoms with Crippen LogP contribution in [-0.2, 0) is 11.5 Å². The van der Waals surface area contributed by atoms with E-state index in [1.807, 2.05) is 54.2 Å². The minimum atomic E-state index is 0.0722. The van der Waals surface area contributed by atoms with Crippen LogP contribution in [0.1, 0.15) is 52.7 Å². The molecule has 3 atom stereocenters. The summed E-state index contributed by atoms with van der Waals surface area (Å²) in [5.74, 6) is 2.59. The zero-order valence-corrected chi connectivity index (χ0v) is 21.0. The van der Waals surface area contributed by atoms with Crippen molar-refractivity contribution in [2.75, 3.05) is 0 Å². The molecule has 0 aliphatic carbocycles. The topological polar surface area (TPSA) is 53.3 Å². The summed E-state index contributed by atoms with van der Waals surface area (Å²) in [6.07, 6.45) is 3.77. The van der Waals surface area contributed by atoms with Gasteiger partial charge in [0.15, 0.2) is 0 Å². The van der Waals surface area contributed by atoms with Crippen LogP contribution in [0.5, 0.6) is 5.75 Å². The number of fused-ring (bicyclic) bond motifs is 2. The van der Waals surface area contributed by atoms with E-state index < -0.39 is 0 Å². The van der Waals surface area contributed by atoms with E-state index in [1.54, 1.807) is 12.1 Å². The summed E-state index contributed by atoms with van der Waals surface area (Å²) in [5.41, 5.74) is 3.70. The van der Waals surface area contributed by atoms with Crippen molar-refractivity contribution in [1.82, 2.24) is 4.90 Å². The van der Waals surface area contributed by atoms with Crippen molar-refractivity contribution in [3.8, 4) is 11.8 Å². The van der Waals surface area contributed by atoms with Gasteiger partial charge in [0.25, 0.3) is 5.91 Å². The first kappa shape index (κ1) is 23.8. The highest BCUT2D eigenvalue weighted by atomic mass is 35.5. The molecule has 3 aromatic carbocycles. The molecule has 6 heteroatoms. The van der Waals surface area contributed by atoms with E-state index in [2.05, 4.69) is 29.2 Å². The number of benzene rings is 3. The van der Waals surface area contributed by atoms with Crippen LogP contribution in [0.2, 0.25) is 5.02 Å². The van der Waals surface area contributed by atoms with Crippen molar-refractivity contribution in [3.05, 3.63) is 100 Å². The van der Waals surface area contributed by atoms with Gasteiger partial charge in [-0.25, -0.2) is 0 Å². The number of hydrogen-bond acceptors (Lipinski definition) is 4. The zero-order valence-electron chi connectivity index (χ0n) is 19.4. The average molecular weight is 503 g/mol. The average Bonchev–Trinajstić information content (AvgIpc) is 3.15. The van der Waals surface area contributed by atoms with Crippen LogP contribution >= 0.6 is 23.4 Å². The largest absolute Gasteiger partial charge is 0.490 e. The van der Waals surface area contributed by atoms with Gasteiger partial charge in [0.1, 0.15) is 11.9 Å². The molecule has 0 N–H and O–H groups in total. The zero-order chi connectivity index (χ0) is 24.2. The lowest BCUT2D eigenvalue weighted by Crippen LogP contribution is -2.49. The molecule has 0 aromatic heterocycles. The van der Waals surface area contributed by atoms with E-state index >= 15 is 0 Å². The number of carbonyl (C=O) groups excluding carboxylic acids is 1. The number of nitriles is 1. The van der Waals surface area contributed by atoms with Crippen molar-refractivity contribution in [2.24, 2.45) is 0 Å². The number of rotatable bonds is 7. The molecule has 0 spiro atoms. The fourth-order valence-corrected chi connectivity index (χ4v) is 6.46. The molecule has 2 bridgehead atoms. The predicted octanol–water partition coefficient (Wildman–Crippen LogP) is 6.86. The van der Waals surface area contributed by atoms with Crippen molar-refractivity contribution in [3.63, 3.8) is 0 Å². The standard InChI is InChI=1S/C29H27ClN2O2S/c30-28-7-2-1-5-23(28)19-35-18-20-8-10-22(11-9-20)29(33)32-24-12-13-25(32)16-27(15-24)34-26-6-3-4-21(14-26)17-31/h1-11,14,24-25,27H,12-13,15-16,18-19H2/t24-,25+,27?. The van der Waals surface area contributed by atoms with Gasteiger partial charge in [-0.05, 0) is 60.4 Å². The summed E-state index contributed by atoms with van der Waals surface area (Å²) in [7, 11) is 0. The van der Waals surface area contributed by atoms with E-state index in [1.165, 1.54) is 5.56 Å². The maximum atomic E-state index is 13.4. The highest BCUT2D eigenvalue weighted by molar-refractivity contribution is 7.97. The first-order valence-corrected chi connectivity index (χ1v) is 13.5. The summed E-state index contributed by atoms with van der Waals surface area (Å²) >= 11 is 8.07. The quantitative estimate of drug-likeness (QED) is 0.354. The maximum absolute atomic E-state index is 13.4. The molecule has 0 saturated carbocycles. The molecular formula is C29H27ClN2O2S. The summed E-state index contributed by atoms with van der Waals surface area (Å²) in [6, 6.07) is 25.9. The third kappa shape index (κ3) is 5.50. The van der Waals surface area contributed by atoms with Crippen LogP contribution in [0, 0.1) is 11.3 Å². The Bertz CT molecular complexity index is 1230. The molecule has 2 saturated heterocycles. The van der Waals surface area contributed by atoms with Crippen LogP contribution in [0.4, 0.5) is 0 Å². The SMILES string of the molecule is N#Cc1cccc(OC2C[C@H]3CC[C@@H](C2)N3C(=O)c2ccc(CSCc3ccccc3Cl)cc2)c1. The van der Waals surface area contributed by atoms with Gasteiger partial charge in [0.05, 0.1) is 11.6 Å². The number of piperidine rings is 1. The van der Waals surface area contributed by atoms with Crippen LogP contribution in [0.3, 0.4) is 0 Å². The monoisotopic (exact) mass is 502 g/mol. The number of amides is 1. The predicted molar refractivity (Wildman–Crippen MR) is 141 cm³/mol. The Morgan fingerprint density at radius 3 is 2.46 bits per heavy atom. The molecule has 2 fully saturated rings. The third-order valence-corrected chi connectivity index (χ3v) is 8.30. The number of thioether (sulfide) groups is 1. The summed E-state index contributed by atoms with van der Waals surface area (Å²) < 4.78 is 6.21. The number of nitrogens with zero attached hydrogens (tertiary/aromatic N) is 2. The van der Waals surface area contributed by atoms with Gasteiger partial charge in [0, 0.05) is 47.0 Å². The van der Waals surface area contributed by atoms with E-state index in [-0.39, 0.29) is 24.1 Å². The molecule has 0 radical (unpaired) electrons. The Hall–Kier alpha value is -2.94. The molecule has 4 nitrogen and oxygen atoms in total. The van der Waals surface area contributed by atoms with Crippen LogP contribution < -0.4 is 4.74 Å². The fourth-order valence-electron chi connectivity index (χ4n) is 5.17. The Labute approximate surface area is 215 Å². The van der Waals surface area contributed by atoms with Gasteiger partial charge in [-0.1, -0.05) is 48.0 Å². The van der Waals surface area contributed by atoms with Crippen LogP contribution in [0.25, 0.3) is 0 Å². The molecule has 5 rings (SSSR count). The van der Waals surface area contributed by atoms with E-state index in [0.29, 0.717) is 5.56 Å². The second-order valence-electron chi connectivity index (χ2n) is 9.23. The highest BCUT2D eigenvalue weighted by Gasteiger charge is 2.44. The van der Waals surface area contributed by atoms with Crippen LogP contribution in [-0.4, -0.2) is 29.0 Å². The van der Waals surface area contributed by atoms with E-state index in [9.17, 15) is 4.79 Å². The second-order valence-corrected chi connectivity index (χ2v) is 10.6. The van der Waals surface area contributed by atoms with Gasteiger partial charge in [-0.2, -0.15) is 17.0 Å². The van der Waals surface area contributed by atoms with E-state index in [0.717, 1.165) is 59.1 Å². The molecule has 1 unspecified atom stereocenters. The minimum absolute atomic E-state index is 0.0722. The van der Waals surface area contributed by atoms with Gasteiger partial charge >= 0.3 is 0 Å². The Kier molecular flexibility index (Phi) is 7.32. The molecule has 35 heavy (non-hydrogen) atoms. The summed E-state index contributed by atoms with van der Waals surface area (Å²) in [6.45, 7) is 0. The smallest absolute Gasteiger partial charge is 0.254 e. The Morgan fingerprint density at radius 2 is 1.74 bits per heavy atom. The lowest BCUT2D eigenvalue weighted by molar-refractivity contribution is 0.0359. The molecular weight excluding hydrogens is 476 g/mol. The fraction of sp³-hybridized carbons (Fsp3) is 0.310. The number of carbonyl (C=O) groups is 1. The third-order valence-electron chi connectivity index (χ3n) is 6.88. The molecule has 2 aliphatic heterocycles. The Balaban J connectivity index is 1.17. The molecule has 178 valence electrons. The van der Waals surface area contributed by atoms with Gasteiger partial charge in [-0.15, -0.1) is 0 Å². The lowest BCUT2D eigenvalue weighted by Gasteiger charge is -2.39. The second kappa shape index (κ2) is 10.8. The minimum Gasteiger partial charge on any atom is -0.490 e. The molecule has 2 heterocycles. The van der Waals surface area contributed by atoms with Crippen molar-refractivity contribution in [2.45, 2.75) is 55.4 Å². The molecule has 2 aliphatic rings. The lowest BCUT2D eigenvalue weighted by atomic mass is 9.98.